The lowest BCUT2D eigenvalue weighted by Gasteiger charge is -2.15. The van der Waals surface area contributed by atoms with Gasteiger partial charge in [0.15, 0.2) is 0 Å². The molecule has 0 fully saturated rings. The molecule has 0 unspecified atom stereocenters. The smallest absolute Gasteiger partial charge is 0.0545 e. The van der Waals surface area contributed by atoms with Crippen molar-refractivity contribution < 1.29 is 0 Å². The van der Waals surface area contributed by atoms with Gasteiger partial charge in [-0.1, -0.05) is 51.4 Å². The zero-order valence-electron chi connectivity index (χ0n) is 10.4. The third-order valence-corrected chi connectivity index (χ3v) is 3.72. The fraction of sp³-hybridized carbons (Fsp3) is 0.538. The van der Waals surface area contributed by atoms with E-state index in [1.54, 1.807) is 0 Å². The number of halogens is 1. The maximum Gasteiger partial charge on any atom is 0.0545 e. The highest BCUT2D eigenvalue weighted by molar-refractivity contribution is 8.00. The average molecular weight is 258 g/mol. The normalized spacial score (nSPS) is 11.4. The summed E-state index contributed by atoms with van der Waals surface area (Å²) in [5.41, 5.74) is 1.29. The topological polar surface area (TPSA) is 12.0 Å². The Morgan fingerprint density at radius 2 is 1.94 bits per heavy atom. The van der Waals surface area contributed by atoms with E-state index in [0.29, 0.717) is 11.3 Å². The van der Waals surface area contributed by atoms with Crippen LogP contribution in [-0.2, 0) is 6.54 Å². The van der Waals surface area contributed by atoms with Crippen molar-refractivity contribution in [2.45, 2.75) is 50.4 Å². The van der Waals surface area contributed by atoms with Crippen molar-refractivity contribution in [3.63, 3.8) is 0 Å². The maximum absolute atomic E-state index is 6.24. The first-order valence-corrected chi connectivity index (χ1v) is 6.94. The molecule has 90 valence electrons. The van der Waals surface area contributed by atoms with Crippen LogP contribution in [0.3, 0.4) is 0 Å². The van der Waals surface area contributed by atoms with Gasteiger partial charge in [-0.05, 0) is 11.6 Å². The van der Waals surface area contributed by atoms with Crippen LogP contribution in [-0.4, -0.2) is 11.3 Å². The third-order valence-electron chi connectivity index (χ3n) is 2.10. The molecule has 0 bridgehead atoms. The van der Waals surface area contributed by atoms with Gasteiger partial charge < -0.3 is 5.32 Å². The zero-order valence-corrected chi connectivity index (χ0v) is 12.0. The molecule has 0 saturated carbocycles. The molecular weight excluding hydrogens is 238 g/mol. The highest BCUT2D eigenvalue weighted by Gasteiger charge is 2.09. The lowest BCUT2D eigenvalue weighted by molar-refractivity contribution is 0.585. The standard InChI is InChI=1S/C13H20ClNS/c1-9(2)15-8-11-6-5-7-12(14)13(11)16-10(3)4/h5-7,9-10,15H,8H2,1-4H3. The second kappa shape index (κ2) is 6.53. The number of thioether (sulfide) groups is 1. The van der Waals surface area contributed by atoms with Gasteiger partial charge in [-0.25, -0.2) is 0 Å². The van der Waals surface area contributed by atoms with Crippen LogP contribution in [0.4, 0.5) is 0 Å². The fourth-order valence-corrected chi connectivity index (χ4v) is 2.65. The molecule has 0 amide bonds. The molecule has 1 rings (SSSR count). The van der Waals surface area contributed by atoms with Gasteiger partial charge in [0.25, 0.3) is 0 Å². The number of nitrogens with one attached hydrogen (secondary N) is 1. The molecule has 0 atom stereocenters. The number of benzene rings is 1. The number of hydrogen-bond acceptors (Lipinski definition) is 2. The Hall–Kier alpha value is -0.180. The molecule has 0 aliphatic carbocycles. The summed E-state index contributed by atoms with van der Waals surface area (Å²) in [4.78, 5) is 1.22. The van der Waals surface area contributed by atoms with Crippen LogP contribution in [0.25, 0.3) is 0 Å². The van der Waals surface area contributed by atoms with Crippen LogP contribution >= 0.6 is 23.4 Å². The van der Waals surface area contributed by atoms with Crippen LogP contribution in [0, 0.1) is 0 Å². The molecule has 1 aromatic carbocycles. The molecule has 0 aliphatic heterocycles. The van der Waals surface area contributed by atoms with E-state index >= 15 is 0 Å². The molecule has 3 heteroatoms. The predicted molar refractivity (Wildman–Crippen MR) is 74.4 cm³/mol. The SMILES string of the molecule is CC(C)NCc1cccc(Cl)c1SC(C)C. The Morgan fingerprint density at radius 3 is 2.50 bits per heavy atom. The Morgan fingerprint density at radius 1 is 1.25 bits per heavy atom. The highest BCUT2D eigenvalue weighted by Crippen LogP contribution is 2.33. The molecule has 0 heterocycles. The molecular formula is C13H20ClNS. The minimum Gasteiger partial charge on any atom is -0.310 e. The summed E-state index contributed by atoms with van der Waals surface area (Å²) >= 11 is 8.07. The lowest BCUT2D eigenvalue weighted by atomic mass is 10.2. The molecule has 16 heavy (non-hydrogen) atoms. The molecule has 0 saturated heterocycles. The summed E-state index contributed by atoms with van der Waals surface area (Å²) in [6.45, 7) is 9.56. The fourth-order valence-electron chi connectivity index (χ4n) is 1.37. The highest BCUT2D eigenvalue weighted by atomic mass is 35.5. The van der Waals surface area contributed by atoms with Crippen molar-refractivity contribution >= 4 is 23.4 Å². The van der Waals surface area contributed by atoms with Crippen molar-refractivity contribution in [1.29, 1.82) is 0 Å². The molecule has 0 spiro atoms. The second-order valence-corrected chi connectivity index (χ2v) is 6.42. The van der Waals surface area contributed by atoms with E-state index in [4.69, 9.17) is 11.6 Å². The van der Waals surface area contributed by atoms with Gasteiger partial charge in [0.05, 0.1) is 5.02 Å². The van der Waals surface area contributed by atoms with E-state index in [1.807, 2.05) is 23.9 Å². The first-order chi connectivity index (χ1) is 7.50. The molecule has 1 nitrogen and oxygen atoms in total. The maximum atomic E-state index is 6.24. The van der Waals surface area contributed by atoms with Crippen LogP contribution in [0.2, 0.25) is 5.02 Å². The second-order valence-electron chi connectivity index (χ2n) is 4.43. The predicted octanol–water partition coefficient (Wildman–Crippen LogP) is 4.34. The van der Waals surface area contributed by atoms with E-state index in [-0.39, 0.29) is 0 Å². The zero-order chi connectivity index (χ0) is 12.1. The quantitative estimate of drug-likeness (QED) is 0.788. The Bertz CT molecular complexity index is 337. The van der Waals surface area contributed by atoms with Crippen molar-refractivity contribution in [3.05, 3.63) is 28.8 Å². The van der Waals surface area contributed by atoms with Gasteiger partial charge in [0, 0.05) is 22.7 Å². The van der Waals surface area contributed by atoms with E-state index in [2.05, 4.69) is 39.1 Å². The Labute approximate surface area is 108 Å². The average Bonchev–Trinajstić information content (AvgIpc) is 2.18. The Kier molecular flexibility index (Phi) is 5.67. The van der Waals surface area contributed by atoms with Gasteiger partial charge >= 0.3 is 0 Å². The van der Waals surface area contributed by atoms with Gasteiger partial charge in [-0.3, -0.25) is 0 Å². The van der Waals surface area contributed by atoms with Crippen LogP contribution < -0.4 is 5.32 Å². The summed E-state index contributed by atoms with van der Waals surface area (Å²) in [6, 6.07) is 6.62. The summed E-state index contributed by atoms with van der Waals surface area (Å²) in [5.74, 6) is 0. The summed E-state index contributed by atoms with van der Waals surface area (Å²) in [7, 11) is 0. The largest absolute Gasteiger partial charge is 0.310 e. The van der Waals surface area contributed by atoms with E-state index in [0.717, 1.165) is 11.6 Å². The van der Waals surface area contributed by atoms with Crippen LogP contribution in [0.15, 0.2) is 23.1 Å². The third kappa shape index (κ3) is 4.36. The van der Waals surface area contributed by atoms with Crippen molar-refractivity contribution in [2.75, 3.05) is 0 Å². The summed E-state index contributed by atoms with van der Waals surface area (Å²) < 4.78 is 0. The van der Waals surface area contributed by atoms with E-state index in [1.165, 1.54) is 10.5 Å². The van der Waals surface area contributed by atoms with Crippen molar-refractivity contribution in [3.8, 4) is 0 Å². The molecule has 1 aromatic rings. The summed E-state index contributed by atoms with van der Waals surface area (Å²) in [6.07, 6.45) is 0. The van der Waals surface area contributed by atoms with E-state index < -0.39 is 0 Å². The Balaban J connectivity index is 2.85. The van der Waals surface area contributed by atoms with Gasteiger partial charge in [0.2, 0.25) is 0 Å². The first-order valence-electron chi connectivity index (χ1n) is 5.68. The van der Waals surface area contributed by atoms with Crippen LogP contribution in [0.1, 0.15) is 33.3 Å². The van der Waals surface area contributed by atoms with E-state index in [9.17, 15) is 0 Å². The van der Waals surface area contributed by atoms with Gasteiger partial charge in [0.1, 0.15) is 0 Å². The van der Waals surface area contributed by atoms with Crippen molar-refractivity contribution in [2.24, 2.45) is 0 Å². The molecule has 0 aromatic heterocycles. The summed E-state index contributed by atoms with van der Waals surface area (Å²) in [5, 5.41) is 4.85. The minimum atomic E-state index is 0.496. The van der Waals surface area contributed by atoms with Gasteiger partial charge in [-0.15, -0.1) is 11.8 Å². The lowest BCUT2D eigenvalue weighted by Crippen LogP contribution is -2.22. The first kappa shape index (κ1) is 13.9. The molecule has 0 radical (unpaired) electrons. The molecule has 0 aliphatic rings. The monoisotopic (exact) mass is 257 g/mol. The molecule has 1 N–H and O–H groups in total. The minimum absolute atomic E-state index is 0.496. The van der Waals surface area contributed by atoms with Crippen LogP contribution in [0.5, 0.6) is 0 Å². The number of hydrogen-bond donors (Lipinski definition) is 1. The van der Waals surface area contributed by atoms with Gasteiger partial charge in [-0.2, -0.15) is 0 Å². The number of rotatable bonds is 5. The van der Waals surface area contributed by atoms with Crippen molar-refractivity contribution in [1.82, 2.24) is 5.32 Å².